The number of likely N-dealkylation sites (N-methyl/N-ethyl adjacent to an activating group) is 1. The van der Waals surface area contributed by atoms with Crippen LogP contribution in [-0.4, -0.2) is 101 Å². The van der Waals surface area contributed by atoms with E-state index in [1.165, 1.54) is 0 Å². The molecule has 0 aliphatic carbocycles. The number of imidazole rings is 1. The van der Waals surface area contributed by atoms with E-state index in [0.717, 1.165) is 61.6 Å². The number of hydrogen-bond acceptors (Lipinski definition) is 8. The summed E-state index contributed by atoms with van der Waals surface area (Å²) in [6.45, 7) is 11.7. The van der Waals surface area contributed by atoms with Gasteiger partial charge in [0.1, 0.15) is 5.75 Å². The lowest BCUT2D eigenvalue weighted by Crippen LogP contribution is -2.48. The number of aromatic nitrogens is 3. The SMILES string of the molecule is COc1ccccc1-c1cc(C(=O)Nc2nc3ccc(N4CCN(CCN(C)C)CC4)cc3n2CC(C)(C)O)cc(C)n1. The quantitative estimate of drug-likeness (QED) is 0.287. The van der Waals surface area contributed by atoms with Crippen molar-refractivity contribution in [2.75, 3.05) is 70.7 Å². The molecule has 3 heterocycles. The highest BCUT2D eigenvalue weighted by Crippen LogP contribution is 2.30. The zero-order valence-corrected chi connectivity index (χ0v) is 26.1. The Labute approximate surface area is 253 Å². The third-order valence-electron chi connectivity index (χ3n) is 7.70. The van der Waals surface area contributed by atoms with Crippen LogP contribution in [0, 0.1) is 6.92 Å². The number of para-hydroxylation sites is 1. The topological polar surface area (TPSA) is 99.0 Å². The van der Waals surface area contributed by atoms with Gasteiger partial charge in [-0.25, -0.2) is 4.98 Å². The highest BCUT2D eigenvalue weighted by atomic mass is 16.5. The van der Waals surface area contributed by atoms with E-state index in [-0.39, 0.29) is 12.5 Å². The molecule has 0 radical (unpaired) electrons. The molecule has 43 heavy (non-hydrogen) atoms. The number of fused-ring (bicyclic) bond motifs is 1. The summed E-state index contributed by atoms with van der Waals surface area (Å²) >= 11 is 0. The number of benzene rings is 2. The number of nitrogens with zero attached hydrogens (tertiary/aromatic N) is 6. The maximum atomic E-state index is 13.6. The summed E-state index contributed by atoms with van der Waals surface area (Å²) < 4.78 is 7.43. The van der Waals surface area contributed by atoms with Crippen LogP contribution >= 0.6 is 0 Å². The molecule has 2 aromatic carbocycles. The second kappa shape index (κ2) is 12.7. The van der Waals surface area contributed by atoms with Gasteiger partial charge < -0.3 is 24.2 Å². The predicted molar refractivity (Wildman–Crippen MR) is 172 cm³/mol. The van der Waals surface area contributed by atoms with Crippen LogP contribution in [0.2, 0.25) is 0 Å². The van der Waals surface area contributed by atoms with Crippen molar-refractivity contribution in [3.05, 3.63) is 65.9 Å². The molecule has 228 valence electrons. The summed E-state index contributed by atoms with van der Waals surface area (Å²) in [7, 11) is 5.83. The average molecular weight is 586 g/mol. The fraction of sp³-hybridized carbons (Fsp3) is 0.424. The smallest absolute Gasteiger partial charge is 0.258 e. The summed E-state index contributed by atoms with van der Waals surface area (Å²) in [5.74, 6) is 0.772. The number of carbonyl (C=O) groups is 1. The normalized spacial score (nSPS) is 14.5. The zero-order valence-electron chi connectivity index (χ0n) is 26.1. The van der Waals surface area contributed by atoms with Gasteiger partial charge in [0.25, 0.3) is 5.91 Å². The van der Waals surface area contributed by atoms with Gasteiger partial charge >= 0.3 is 0 Å². The monoisotopic (exact) mass is 585 g/mol. The Balaban J connectivity index is 1.42. The van der Waals surface area contributed by atoms with Crippen LogP contribution < -0.4 is 15.0 Å². The van der Waals surface area contributed by atoms with Crippen molar-refractivity contribution in [3.63, 3.8) is 0 Å². The molecule has 10 heteroatoms. The van der Waals surface area contributed by atoms with Crippen molar-refractivity contribution >= 4 is 28.6 Å². The minimum Gasteiger partial charge on any atom is -0.496 e. The second-order valence-corrected chi connectivity index (χ2v) is 12.2. The van der Waals surface area contributed by atoms with Gasteiger partial charge in [-0.05, 0) is 77.3 Å². The van der Waals surface area contributed by atoms with Crippen LogP contribution in [-0.2, 0) is 6.54 Å². The number of aliphatic hydroxyl groups is 1. The number of hydrogen-bond donors (Lipinski definition) is 2. The zero-order chi connectivity index (χ0) is 30.7. The van der Waals surface area contributed by atoms with Gasteiger partial charge in [-0.1, -0.05) is 12.1 Å². The molecular formula is C33H43N7O3. The number of pyridine rings is 1. The number of nitrogens with one attached hydrogen (secondary N) is 1. The molecule has 0 saturated carbocycles. The Morgan fingerprint density at radius 2 is 1.79 bits per heavy atom. The van der Waals surface area contributed by atoms with E-state index < -0.39 is 5.60 Å². The number of carbonyl (C=O) groups excluding carboxylic acids is 1. The maximum absolute atomic E-state index is 13.6. The van der Waals surface area contributed by atoms with Gasteiger partial charge in [0.15, 0.2) is 0 Å². The molecule has 0 unspecified atom stereocenters. The Morgan fingerprint density at radius 1 is 1.05 bits per heavy atom. The first-order valence-corrected chi connectivity index (χ1v) is 14.8. The van der Waals surface area contributed by atoms with E-state index in [0.29, 0.717) is 28.6 Å². The van der Waals surface area contributed by atoms with Crippen LogP contribution in [0.3, 0.4) is 0 Å². The largest absolute Gasteiger partial charge is 0.496 e. The highest BCUT2D eigenvalue weighted by Gasteiger charge is 2.23. The fourth-order valence-electron chi connectivity index (χ4n) is 5.49. The van der Waals surface area contributed by atoms with Gasteiger partial charge in [0.05, 0.1) is 36.0 Å². The molecule has 0 spiro atoms. The first kappa shape index (κ1) is 30.5. The average Bonchev–Trinajstić information content (AvgIpc) is 3.30. The van der Waals surface area contributed by atoms with Crippen LogP contribution in [0.4, 0.5) is 11.6 Å². The maximum Gasteiger partial charge on any atom is 0.258 e. The number of ether oxygens (including phenoxy) is 1. The van der Waals surface area contributed by atoms with Crippen LogP contribution in [0.1, 0.15) is 29.9 Å². The van der Waals surface area contributed by atoms with E-state index in [1.807, 2.05) is 41.8 Å². The lowest BCUT2D eigenvalue weighted by Gasteiger charge is -2.36. The molecule has 2 N–H and O–H groups in total. The first-order chi connectivity index (χ1) is 20.5. The molecule has 1 amide bonds. The lowest BCUT2D eigenvalue weighted by atomic mass is 10.1. The summed E-state index contributed by atoms with van der Waals surface area (Å²) in [5, 5.41) is 13.8. The van der Waals surface area contributed by atoms with E-state index in [9.17, 15) is 9.90 Å². The Hall–Kier alpha value is -3.99. The van der Waals surface area contributed by atoms with Gasteiger partial charge in [-0.2, -0.15) is 0 Å². The number of piperazine rings is 1. The van der Waals surface area contributed by atoms with Gasteiger partial charge in [-0.3, -0.25) is 20.0 Å². The number of anilines is 2. The minimum absolute atomic E-state index is 0.267. The van der Waals surface area contributed by atoms with Crippen LogP contribution in [0.15, 0.2) is 54.6 Å². The molecule has 1 aliphatic heterocycles. The lowest BCUT2D eigenvalue weighted by molar-refractivity contribution is 0.0630. The fourth-order valence-corrected chi connectivity index (χ4v) is 5.49. The Kier molecular flexibility index (Phi) is 9.00. The molecule has 1 fully saturated rings. The number of aryl methyl sites for hydroxylation is 1. The Morgan fingerprint density at radius 3 is 2.49 bits per heavy atom. The van der Waals surface area contributed by atoms with Crippen molar-refractivity contribution in [1.82, 2.24) is 24.3 Å². The molecule has 0 bridgehead atoms. The molecule has 1 aliphatic rings. The van der Waals surface area contributed by atoms with Crippen molar-refractivity contribution in [3.8, 4) is 17.0 Å². The standard InChI is InChI=1S/C33H43N7O3/c1-23-19-24(20-28(34-23)26-9-7-8-10-30(26)43-6)31(41)36-32-35-27-12-11-25(21-29(27)40(32)22-33(2,3)42)39-17-15-38(16-18-39)14-13-37(4)5/h7-12,19-21,42H,13-18,22H2,1-6H3,(H,35,36,41). The van der Waals surface area contributed by atoms with E-state index >= 15 is 0 Å². The number of amides is 1. The molecule has 2 aromatic heterocycles. The van der Waals surface area contributed by atoms with Crippen LogP contribution in [0.5, 0.6) is 5.75 Å². The second-order valence-electron chi connectivity index (χ2n) is 12.2. The van der Waals surface area contributed by atoms with Crippen LogP contribution in [0.25, 0.3) is 22.3 Å². The van der Waals surface area contributed by atoms with Crippen molar-refractivity contribution in [2.24, 2.45) is 0 Å². The van der Waals surface area contributed by atoms with Crippen molar-refractivity contribution in [1.29, 1.82) is 0 Å². The summed E-state index contributed by atoms with van der Waals surface area (Å²) in [5.41, 5.74) is 4.35. The highest BCUT2D eigenvalue weighted by molar-refractivity contribution is 6.05. The molecule has 0 atom stereocenters. The molecule has 4 aromatic rings. The third-order valence-corrected chi connectivity index (χ3v) is 7.70. The molecule has 10 nitrogen and oxygen atoms in total. The van der Waals surface area contributed by atoms with E-state index in [1.54, 1.807) is 33.1 Å². The number of rotatable bonds is 10. The summed E-state index contributed by atoms with van der Waals surface area (Å²) in [6.07, 6.45) is 0. The van der Waals surface area contributed by atoms with E-state index in [2.05, 4.69) is 51.2 Å². The minimum atomic E-state index is -1.02. The third kappa shape index (κ3) is 7.33. The predicted octanol–water partition coefficient (Wildman–Crippen LogP) is 4.12. The first-order valence-electron chi connectivity index (χ1n) is 14.8. The molecule has 1 saturated heterocycles. The molecule has 5 rings (SSSR count). The van der Waals surface area contributed by atoms with Gasteiger partial charge in [-0.15, -0.1) is 0 Å². The Bertz CT molecular complexity index is 1580. The summed E-state index contributed by atoms with van der Waals surface area (Å²) in [4.78, 5) is 30.2. The van der Waals surface area contributed by atoms with Gasteiger partial charge in [0.2, 0.25) is 5.95 Å². The molecular weight excluding hydrogens is 542 g/mol. The van der Waals surface area contributed by atoms with Gasteiger partial charge in [0, 0.05) is 61.8 Å². The van der Waals surface area contributed by atoms with E-state index in [4.69, 9.17) is 9.72 Å². The van der Waals surface area contributed by atoms with Crippen molar-refractivity contribution in [2.45, 2.75) is 32.9 Å². The van der Waals surface area contributed by atoms with Crippen molar-refractivity contribution < 1.29 is 14.6 Å². The summed E-state index contributed by atoms with van der Waals surface area (Å²) in [6, 6.07) is 17.3. The number of methoxy groups -OCH3 is 1.